The van der Waals surface area contributed by atoms with E-state index in [1.807, 2.05) is 4.08 Å². The minimum atomic E-state index is -2.24. The van der Waals surface area contributed by atoms with Crippen LogP contribution < -0.4 is 0 Å². The molecule has 0 aromatic heterocycles. The molecule has 13 heavy (non-hydrogen) atoms. The molecule has 0 amide bonds. The van der Waals surface area contributed by atoms with Gasteiger partial charge >= 0.3 is 0 Å². The third kappa shape index (κ3) is 4.60. The van der Waals surface area contributed by atoms with Crippen molar-refractivity contribution in [3.8, 4) is 0 Å². The first kappa shape index (κ1) is 14.4. The van der Waals surface area contributed by atoms with Crippen molar-refractivity contribution in [2.45, 2.75) is 19.8 Å². The Morgan fingerprint density at radius 1 is 1.46 bits per heavy atom. The van der Waals surface area contributed by atoms with Crippen LogP contribution in [-0.4, -0.2) is 24.8 Å². The van der Waals surface area contributed by atoms with Crippen LogP contribution in [0, 0.1) is 0 Å². The molecule has 7 heteroatoms. The molecule has 0 heterocycles. The Morgan fingerprint density at radius 2 is 2.00 bits per heavy atom. The van der Waals surface area contributed by atoms with E-state index < -0.39 is 6.64 Å². The Hall–Kier alpha value is 1.36. The van der Waals surface area contributed by atoms with Crippen molar-refractivity contribution in [3.05, 3.63) is 0 Å². The predicted molar refractivity (Wildman–Crippen MR) is 66.4 cm³/mol. The molecule has 0 spiro atoms. The van der Waals surface area contributed by atoms with Gasteiger partial charge in [-0.2, -0.15) is 4.08 Å². The third-order valence-electron chi connectivity index (χ3n) is 1.52. The minimum absolute atomic E-state index is 0.880. The van der Waals surface area contributed by atoms with Crippen LogP contribution in [0.25, 0.3) is 0 Å². The summed E-state index contributed by atoms with van der Waals surface area (Å²) in [7, 11) is 4.59. The Morgan fingerprint density at radius 3 is 2.31 bits per heavy atom. The van der Waals surface area contributed by atoms with Crippen LogP contribution in [0.1, 0.15) is 19.8 Å². The smallest absolute Gasteiger partial charge is 0.273 e. The molecule has 0 unspecified atom stereocenters. The van der Waals surface area contributed by atoms with E-state index in [1.54, 1.807) is 14.2 Å². The van der Waals surface area contributed by atoms with Gasteiger partial charge in [-0.15, -0.1) is 0 Å². The monoisotopic (exact) mass is 307 g/mol. The number of hydrogen-bond acceptors (Lipinski definition) is 4. The molecular weight excluding hydrogens is 293 g/mol. The maximum Gasteiger partial charge on any atom is 0.273 e. The quantitative estimate of drug-likeness (QED) is 0.528. The van der Waals surface area contributed by atoms with E-state index in [0.717, 1.165) is 19.4 Å². The lowest BCUT2D eigenvalue weighted by Gasteiger charge is -2.28. The summed E-state index contributed by atoms with van der Waals surface area (Å²) in [6, 6.07) is 0. The number of rotatable bonds is 7. The zero-order chi connectivity index (χ0) is 10.3. The highest BCUT2D eigenvalue weighted by Gasteiger charge is 2.25. The molecule has 0 radical (unpaired) electrons. The molecule has 0 saturated heterocycles. The summed E-state index contributed by atoms with van der Waals surface area (Å²) < 4.78 is 12.4. The number of unbranched alkanes of at least 4 members (excludes halogenated alkanes) is 1. The highest BCUT2D eigenvalue weighted by molar-refractivity contribution is 9.50. The molecule has 0 aromatic rings. The number of nitrogens with zero attached hydrogens (tertiary/aromatic N) is 1. The fraction of sp³-hybridized carbons (Fsp3) is 1.00. The van der Waals surface area contributed by atoms with Gasteiger partial charge in [-0.25, -0.2) is 0 Å². The van der Waals surface area contributed by atoms with Crippen molar-refractivity contribution in [3.63, 3.8) is 0 Å². The topological polar surface area (TPSA) is 21.7 Å². The van der Waals surface area contributed by atoms with Gasteiger partial charge in [0.25, 0.3) is 6.64 Å². The molecule has 0 N–H and O–H groups in total. The lowest BCUT2D eigenvalue weighted by Crippen LogP contribution is -2.14. The van der Waals surface area contributed by atoms with Crippen molar-refractivity contribution in [1.29, 1.82) is 0 Å². The van der Waals surface area contributed by atoms with Gasteiger partial charge in [0, 0.05) is 46.0 Å². The van der Waals surface area contributed by atoms with Crippen LogP contribution in [0.2, 0.25) is 0 Å². The van der Waals surface area contributed by atoms with E-state index >= 15 is 0 Å². The van der Waals surface area contributed by atoms with Gasteiger partial charge in [-0.3, -0.25) is 0 Å². The SMILES string of the molecule is CCCCN(SBr)P(=S)(OC)OC. The Kier molecular flexibility index (Phi) is 8.42. The average molecular weight is 308 g/mol. The second-order valence-corrected chi connectivity index (χ2v) is 7.58. The van der Waals surface area contributed by atoms with Gasteiger partial charge in [0.1, 0.15) is 0 Å². The molecule has 0 fully saturated rings. The molecule has 0 atom stereocenters. The van der Waals surface area contributed by atoms with Crippen LogP contribution >= 0.6 is 31.8 Å². The van der Waals surface area contributed by atoms with Crippen LogP contribution in [0.4, 0.5) is 0 Å². The summed E-state index contributed by atoms with van der Waals surface area (Å²) in [5.41, 5.74) is 0. The van der Waals surface area contributed by atoms with Crippen molar-refractivity contribution >= 4 is 43.6 Å². The van der Waals surface area contributed by atoms with E-state index in [2.05, 4.69) is 21.7 Å². The zero-order valence-corrected chi connectivity index (χ0v) is 12.1. The molecule has 3 nitrogen and oxygen atoms in total. The van der Waals surface area contributed by atoms with E-state index in [-0.39, 0.29) is 0 Å². The van der Waals surface area contributed by atoms with Crippen molar-refractivity contribution in [1.82, 2.24) is 4.08 Å². The molecular formula is C6H15BrNO2PS2. The van der Waals surface area contributed by atoms with Gasteiger partial charge in [-0.05, 0) is 18.2 Å². The molecule has 0 aromatic carbocycles. The fourth-order valence-corrected chi connectivity index (χ4v) is 5.83. The fourth-order valence-electron chi connectivity index (χ4n) is 0.745. The molecule has 0 aliphatic rings. The van der Waals surface area contributed by atoms with Gasteiger partial charge < -0.3 is 9.05 Å². The minimum Gasteiger partial charge on any atom is -0.321 e. The van der Waals surface area contributed by atoms with Crippen molar-refractivity contribution in [2.75, 3.05) is 20.8 Å². The highest BCUT2D eigenvalue weighted by Crippen LogP contribution is 2.55. The first-order chi connectivity index (χ1) is 6.14. The summed E-state index contributed by atoms with van der Waals surface area (Å²) >= 11 is 8.59. The highest BCUT2D eigenvalue weighted by atomic mass is 79.9. The van der Waals surface area contributed by atoms with Crippen molar-refractivity contribution in [2.24, 2.45) is 0 Å². The molecule has 80 valence electrons. The van der Waals surface area contributed by atoms with E-state index in [9.17, 15) is 0 Å². The largest absolute Gasteiger partial charge is 0.321 e. The van der Waals surface area contributed by atoms with Crippen molar-refractivity contribution < 1.29 is 9.05 Å². The maximum atomic E-state index is 5.28. The Balaban J connectivity index is 4.26. The lowest BCUT2D eigenvalue weighted by atomic mass is 10.3. The molecule has 0 aliphatic heterocycles. The van der Waals surface area contributed by atoms with E-state index in [1.165, 1.54) is 10.4 Å². The Labute approximate surface area is 97.1 Å². The van der Waals surface area contributed by atoms with Crippen LogP contribution in [0.5, 0.6) is 0 Å². The molecule has 0 rings (SSSR count). The standard InChI is InChI=1S/C6H15BrNO2PS2/c1-4-5-6-8(13-7)11(12,9-2)10-3/h4-6H2,1-3H3. The summed E-state index contributed by atoms with van der Waals surface area (Å²) in [5, 5.41) is 0. The van der Waals surface area contributed by atoms with Crippen LogP contribution in [0.15, 0.2) is 0 Å². The van der Waals surface area contributed by atoms with Gasteiger partial charge in [0.05, 0.1) is 0 Å². The summed E-state index contributed by atoms with van der Waals surface area (Å²) in [6.07, 6.45) is 2.22. The predicted octanol–water partition coefficient (Wildman–Crippen LogP) is 3.56. The zero-order valence-electron chi connectivity index (χ0n) is 8.03. The second kappa shape index (κ2) is 7.63. The second-order valence-electron chi connectivity index (χ2n) is 2.33. The summed E-state index contributed by atoms with van der Waals surface area (Å²) in [4.78, 5) is 0. The summed E-state index contributed by atoms with van der Waals surface area (Å²) in [6.45, 7) is 0.781. The van der Waals surface area contributed by atoms with E-state index in [4.69, 9.17) is 20.9 Å². The molecule has 0 bridgehead atoms. The first-order valence-corrected chi connectivity index (χ1v) is 9.13. The molecule has 0 aliphatic carbocycles. The first-order valence-electron chi connectivity index (χ1n) is 3.92. The number of hydrogen-bond donors (Lipinski definition) is 0. The van der Waals surface area contributed by atoms with Gasteiger partial charge in [0.2, 0.25) is 0 Å². The number of halogens is 1. The van der Waals surface area contributed by atoms with Crippen LogP contribution in [-0.2, 0) is 20.9 Å². The average Bonchev–Trinajstić information content (AvgIpc) is 2.18. The lowest BCUT2D eigenvalue weighted by molar-refractivity contribution is 0.305. The normalized spacial score (nSPS) is 12.4. The summed E-state index contributed by atoms with van der Waals surface area (Å²) in [5.74, 6) is 0. The maximum absolute atomic E-state index is 5.28. The van der Waals surface area contributed by atoms with Gasteiger partial charge in [0.15, 0.2) is 0 Å². The van der Waals surface area contributed by atoms with E-state index in [0.29, 0.717) is 0 Å². The third-order valence-corrected chi connectivity index (χ3v) is 7.93. The Bertz CT molecular complexity index is 176. The van der Waals surface area contributed by atoms with Crippen LogP contribution in [0.3, 0.4) is 0 Å². The molecule has 0 saturated carbocycles. The van der Waals surface area contributed by atoms with Gasteiger partial charge in [-0.1, -0.05) is 13.3 Å².